The fraction of sp³-hybridized carbons (Fsp3) is 1.00. The van der Waals surface area contributed by atoms with Crippen molar-refractivity contribution in [2.45, 2.75) is 6.92 Å². The molecular weight excluding hydrogens is 232 g/mol. The van der Waals surface area contributed by atoms with E-state index in [9.17, 15) is 8.42 Å². The number of hydrogen-bond donors (Lipinski definition) is 2. The summed E-state index contributed by atoms with van der Waals surface area (Å²) in [5.41, 5.74) is 0. The van der Waals surface area contributed by atoms with Gasteiger partial charge in [0.25, 0.3) is 0 Å². The van der Waals surface area contributed by atoms with Gasteiger partial charge in [0, 0.05) is 20.2 Å². The second-order valence-electron chi connectivity index (χ2n) is 3.17. The number of hydrogen-bond acceptors (Lipinski definition) is 5. The molecular formula is C9H22N2O4S. The molecule has 0 radical (unpaired) electrons. The molecule has 0 atom stereocenters. The number of sulfonamides is 1. The Kier molecular flexibility index (Phi) is 9.85. The Morgan fingerprint density at radius 3 is 2.50 bits per heavy atom. The molecule has 0 amide bonds. The molecule has 16 heavy (non-hydrogen) atoms. The Bertz CT molecular complexity index is 244. The number of ether oxygens (including phenoxy) is 2. The summed E-state index contributed by atoms with van der Waals surface area (Å²) in [7, 11) is -1.58. The Morgan fingerprint density at radius 1 is 1.12 bits per heavy atom. The first-order valence-electron chi connectivity index (χ1n) is 5.37. The van der Waals surface area contributed by atoms with E-state index in [0.717, 1.165) is 6.54 Å². The van der Waals surface area contributed by atoms with Gasteiger partial charge in [-0.25, -0.2) is 13.1 Å². The fourth-order valence-corrected chi connectivity index (χ4v) is 1.92. The van der Waals surface area contributed by atoms with Crippen molar-refractivity contribution in [3.63, 3.8) is 0 Å². The highest BCUT2D eigenvalue weighted by Crippen LogP contribution is 1.83. The normalized spacial score (nSPS) is 11.9. The molecule has 0 aliphatic heterocycles. The molecule has 0 aliphatic rings. The van der Waals surface area contributed by atoms with Crippen LogP contribution in [0.5, 0.6) is 0 Å². The molecule has 0 aromatic rings. The van der Waals surface area contributed by atoms with Crippen LogP contribution in [-0.2, 0) is 19.5 Å². The van der Waals surface area contributed by atoms with Crippen LogP contribution >= 0.6 is 0 Å². The van der Waals surface area contributed by atoms with E-state index in [0.29, 0.717) is 32.9 Å². The van der Waals surface area contributed by atoms with Gasteiger partial charge in [-0.1, -0.05) is 6.92 Å². The molecule has 0 aliphatic carbocycles. The van der Waals surface area contributed by atoms with Gasteiger partial charge in [-0.05, 0) is 6.54 Å². The van der Waals surface area contributed by atoms with Gasteiger partial charge in [0.2, 0.25) is 10.0 Å². The van der Waals surface area contributed by atoms with Crippen LogP contribution in [0.15, 0.2) is 0 Å². The summed E-state index contributed by atoms with van der Waals surface area (Å²) < 4.78 is 35.1. The summed E-state index contributed by atoms with van der Waals surface area (Å²) in [4.78, 5) is 0. The third-order valence-corrected chi connectivity index (χ3v) is 3.18. The quantitative estimate of drug-likeness (QED) is 0.471. The largest absolute Gasteiger partial charge is 0.382 e. The summed E-state index contributed by atoms with van der Waals surface area (Å²) >= 11 is 0. The fourth-order valence-electron chi connectivity index (χ4n) is 0.969. The van der Waals surface area contributed by atoms with Crippen LogP contribution in [-0.4, -0.2) is 60.7 Å². The van der Waals surface area contributed by atoms with Gasteiger partial charge in [0.15, 0.2) is 0 Å². The summed E-state index contributed by atoms with van der Waals surface area (Å²) in [6.07, 6.45) is 0. The molecule has 2 N–H and O–H groups in total. The van der Waals surface area contributed by atoms with E-state index >= 15 is 0 Å². The van der Waals surface area contributed by atoms with Gasteiger partial charge in [-0.3, -0.25) is 0 Å². The highest BCUT2D eigenvalue weighted by molar-refractivity contribution is 7.89. The molecule has 0 fully saturated rings. The smallest absolute Gasteiger partial charge is 0.212 e. The number of rotatable bonds is 11. The van der Waals surface area contributed by atoms with E-state index in [1.807, 2.05) is 6.92 Å². The van der Waals surface area contributed by atoms with Crippen LogP contribution in [0.3, 0.4) is 0 Å². The number of nitrogens with one attached hydrogen (secondary N) is 2. The lowest BCUT2D eigenvalue weighted by atomic mass is 10.7. The van der Waals surface area contributed by atoms with Crippen LogP contribution in [0, 0.1) is 0 Å². The van der Waals surface area contributed by atoms with Gasteiger partial charge in [0.1, 0.15) is 0 Å². The maximum absolute atomic E-state index is 11.4. The SMILES string of the molecule is CCNCCS(=O)(=O)NCCOCCOC. The van der Waals surface area contributed by atoms with Crippen LogP contribution < -0.4 is 10.0 Å². The summed E-state index contributed by atoms with van der Waals surface area (Å²) in [6, 6.07) is 0. The van der Waals surface area contributed by atoms with Crippen molar-refractivity contribution in [3.05, 3.63) is 0 Å². The molecule has 0 aromatic heterocycles. The van der Waals surface area contributed by atoms with E-state index in [-0.39, 0.29) is 5.75 Å². The lowest BCUT2D eigenvalue weighted by molar-refractivity contribution is 0.0736. The lowest BCUT2D eigenvalue weighted by Gasteiger charge is -2.07. The predicted octanol–water partition coefficient (Wildman–Crippen LogP) is -0.822. The van der Waals surface area contributed by atoms with Crippen LogP contribution in [0.4, 0.5) is 0 Å². The highest BCUT2D eigenvalue weighted by Gasteiger charge is 2.07. The molecule has 98 valence electrons. The van der Waals surface area contributed by atoms with Crippen molar-refractivity contribution in [1.82, 2.24) is 10.0 Å². The predicted molar refractivity (Wildman–Crippen MR) is 63.0 cm³/mol. The highest BCUT2D eigenvalue weighted by atomic mass is 32.2. The van der Waals surface area contributed by atoms with Crippen molar-refractivity contribution in [3.8, 4) is 0 Å². The van der Waals surface area contributed by atoms with Gasteiger partial charge in [-0.2, -0.15) is 0 Å². The van der Waals surface area contributed by atoms with Crippen LogP contribution in [0.2, 0.25) is 0 Å². The molecule has 0 aromatic carbocycles. The molecule has 0 saturated heterocycles. The maximum Gasteiger partial charge on any atom is 0.212 e. The van der Waals surface area contributed by atoms with Crippen molar-refractivity contribution >= 4 is 10.0 Å². The van der Waals surface area contributed by atoms with Crippen LogP contribution in [0.25, 0.3) is 0 Å². The summed E-state index contributed by atoms with van der Waals surface area (Å²) in [6.45, 7) is 4.85. The molecule has 0 unspecified atom stereocenters. The van der Waals surface area contributed by atoms with Crippen molar-refractivity contribution in [1.29, 1.82) is 0 Å². The Hall–Kier alpha value is -0.210. The Labute approximate surface area is 97.7 Å². The van der Waals surface area contributed by atoms with Crippen molar-refractivity contribution in [2.75, 3.05) is 52.3 Å². The molecule has 0 spiro atoms. The molecule has 0 bridgehead atoms. The third-order valence-electron chi connectivity index (χ3n) is 1.80. The van der Waals surface area contributed by atoms with E-state index in [2.05, 4.69) is 10.0 Å². The second kappa shape index (κ2) is 9.98. The average molecular weight is 254 g/mol. The van der Waals surface area contributed by atoms with Crippen molar-refractivity contribution in [2.24, 2.45) is 0 Å². The van der Waals surface area contributed by atoms with Gasteiger partial charge >= 0.3 is 0 Å². The van der Waals surface area contributed by atoms with Crippen molar-refractivity contribution < 1.29 is 17.9 Å². The van der Waals surface area contributed by atoms with E-state index in [4.69, 9.17) is 9.47 Å². The van der Waals surface area contributed by atoms with E-state index in [1.54, 1.807) is 7.11 Å². The summed E-state index contributed by atoms with van der Waals surface area (Å²) in [5, 5.41) is 2.96. The minimum absolute atomic E-state index is 0.0961. The lowest BCUT2D eigenvalue weighted by Crippen LogP contribution is -2.34. The Balaban J connectivity index is 3.43. The van der Waals surface area contributed by atoms with Gasteiger partial charge in [-0.15, -0.1) is 0 Å². The molecule has 6 nitrogen and oxygen atoms in total. The topological polar surface area (TPSA) is 76.7 Å². The standard InChI is InChI=1S/C9H22N2O4S/c1-3-10-5-9-16(12,13)11-4-6-15-8-7-14-2/h10-11H,3-9H2,1-2H3. The van der Waals surface area contributed by atoms with Gasteiger partial charge in [0.05, 0.1) is 25.6 Å². The zero-order valence-corrected chi connectivity index (χ0v) is 10.8. The molecule has 0 rings (SSSR count). The first kappa shape index (κ1) is 15.8. The first-order chi connectivity index (χ1) is 7.62. The minimum atomic E-state index is -3.17. The zero-order chi connectivity index (χ0) is 12.3. The molecule has 0 saturated carbocycles. The molecule has 7 heteroatoms. The monoisotopic (exact) mass is 254 g/mol. The molecule has 0 heterocycles. The van der Waals surface area contributed by atoms with Gasteiger partial charge < -0.3 is 14.8 Å². The summed E-state index contributed by atoms with van der Waals surface area (Å²) in [5.74, 6) is 0.0961. The van der Waals surface area contributed by atoms with E-state index < -0.39 is 10.0 Å². The van der Waals surface area contributed by atoms with E-state index in [1.165, 1.54) is 0 Å². The minimum Gasteiger partial charge on any atom is -0.382 e. The third kappa shape index (κ3) is 10.3. The second-order valence-corrected chi connectivity index (χ2v) is 5.10. The number of methoxy groups -OCH3 is 1. The average Bonchev–Trinajstić information content (AvgIpc) is 2.23. The van der Waals surface area contributed by atoms with Crippen LogP contribution in [0.1, 0.15) is 6.92 Å². The maximum atomic E-state index is 11.4. The zero-order valence-electron chi connectivity index (χ0n) is 9.99. The Morgan fingerprint density at radius 2 is 1.88 bits per heavy atom. The first-order valence-corrected chi connectivity index (χ1v) is 7.02.